The number of nitrogens with zero attached hydrogens (tertiary/aromatic N) is 1. The molecule has 1 heterocycles. The summed E-state index contributed by atoms with van der Waals surface area (Å²) in [6.45, 7) is 9.62. The summed E-state index contributed by atoms with van der Waals surface area (Å²) in [4.78, 5) is 3.62. The second kappa shape index (κ2) is 10.2. The predicted molar refractivity (Wildman–Crippen MR) is 77.4 cm³/mol. The van der Waals surface area contributed by atoms with Gasteiger partial charge < -0.3 is 10.2 Å². The Bertz CT molecular complexity index is 183. The molecule has 0 amide bonds. The number of nitrogens with one attached hydrogen (secondary N) is 1. The molecule has 0 radical (unpaired) electrons. The van der Waals surface area contributed by atoms with Gasteiger partial charge in [-0.25, -0.2) is 0 Å². The van der Waals surface area contributed by atoms with Gasteiger partial charge in [0.05, 0.1) is 0 Å². The molecule has 0 spiro atoms. The first-order valence-corrected chi connectivity index (χ1v) is 7.06. The third kappa shape index (κ3) is 7.31. The Morgan fingerprint density at radius 1 is 1.38 bits per heavy atom. The summed E-state index contributed by atoms with van der Waals surface area (Å²) in [6.07, 6.45) is 4.94. The molecule has 1 aliphatic rings. The van der Waals surface area contributed by atoms with E-state index in [1.54, 1.807) is 0 Å². The van der Waals surface area contributed by atoms with Crippen LogP contribution in [0, 0.1) is 0 Å². The molecule has 0 aromatic carbocycles. The van der Waals surface area contributed by atoms with Crippen LogP contribution in [-0.4, -0.2) is 42.5 Å². The van der Waals surface area contributed by atoms with Crippen molar-refractivity contribution in [3.8, 4) is 0 Å². The fourth-order valence-corrected chi connectivity index (χ4v) is 2.08. The number of rotatable bonds is 6. The van der Waals surface area contributed by atoms with E-state index in [-0.39, 0.29) is 0 Å². The number of hydrogen-bond acceptors (Lipinski definition) is 3. The van der Waals surface area contributed by atoms with Crippen LogP contribution in [0.1, 0.15) is 46.5 Å². The zero-order chi connectivity index (χ0) is 12.4. The lowest BCUT2D eigenvalue weighted by Gasteiger charge is -2.18. The van der Waals surface area contributed by atoms with Gasteiger partial charge in [0.1, 0.15) is 0 Å². The molecular weight excluding hydrogens is 216 g/mol. The van der Waals surface area contributed by atoms with E-state index in [1.165, 1.54) is 37.2 Å². The molecule has 3 heteroatoms. The van der Waals surface area contributed by atoms with E-state index in [0.29, 0.717) is 6.04 Å². The quantitative estimate of drug-likeness (QED) is 0.723. The molecule has 1 fully saturated rings. The standard InChI is InChI=1S/C11H22N2S.C2H6/c1-3-4-6-13(2)7-5-10-8-11(14)9-12-10;1-2/h10,12H,3-9H2,1-2H3;1-2H3. The highest BCUT2D eigenvalue weighted by molar-refractivity contribution is 7.80. The molecule has 1 saturated heterocycles. The Balaban J connectivity index is 0.00000106. The third-order valence-corrected chi connectivity index (χ3v) is 3.13. The van der Waals surface area contributed by atoms with Crippen molar-refractivity contribution in [3.63, 3.8) is 0 Å². The van der Waals surface area contributed by atoms with E-state index in [9.17, 15) is 0 Å². The lowest BCUT2D eigenvalue weighted by Crippen LogP contribution is -2.28. The zero-order valence-corrected chi connectivity index (χ0v) is 12.2. The lowest BCUT2D eigenvalue weighted by atomic mass is 10.1. The van der Waals surface area contributed by atoms with Crippen LogP contribution in [0.3, 0.4) is 0 Å². The molecule has 0 aliphatic carbocycles. The molecule has 0 aromatic rings. The Morgan fingerprint density at radius 3 is 2.56 bits per heavy atom. The maximum atomic E-state index is 5.17. The normalized spacial score (nSPS) is 19.8. The van der Waals surface area contributed by atoms with Crippen LogP contribution in [0.4, 0.5) is 0 Å². The molecule has 1 N–H and O–H groups in total. The van der Waals surface area contributed by atoms with Crippen molar-refractivity contribution in [2.45, 2.75) is 52.5 Å². The van der Waals surface area contributed by atoms with Crippen molar-refractivity contribution in [2.75, 3.05) is 26.7 Å². The van der Waals surface area contributed by atoms with Crippen LogP contribution in [0.2, 0.25) is 0 Å². The summed E-state index contributed by atoms with van der Waals surface area (Å²) in [5, 5.41) is 3.45. The molecule has 0 bridgehead atoms. The summed E-state index contributed by atoms with van der Waals surface area (Å²) >= 11 is 5.17. The van der Waals surface area contributed by atoms with Crippen molar-refractivity contribution in [1.82, 2.24) is 10.2 Å². The molecular formula is C13H28N2S. The Morgan fingerprint density at radius 2 is 2.06 bits per heavy atom. The molecule has 0 saturated carbocycles. The Hall–Kier alpha value is 0.01000. The molecule has 0 aromatic heterocycles. The zero-order valence-electron chi connectivity index (χ0n) is 11.4. The largest absolute Gasteiger partial charge is 0.309 e. The van der Waals surface area contributed by atoms with Crippen LogP contribution in [0.5, 0.6) is 0 Å². The third-order valence-electron chi connectivity index (χ3n) is 2.81. The first-order valence-electron chi connectivity index (χ1n) is 6.66. The number of thiocarbonyl (C=S) groups is 1. The highest BCUT2D eigenvalue weighted by Gasteiger charge is 2.17. The van der Waals surface area contributed by atoms with Gasteiger partial charge in [-0.15, -0.1) is 0 Å². The summed E-state index contributed by atoms with van der Waals surface area (Å²) in [5.41, 5.74) is 0. The Kier molecular flexibility index (Phi) is 10.2. The van der Waals surface area contributed by atoms with Crippen LogP contribution in [0.25, 0.3) is 0 Å². The van der Waals surface area contributed by atoms with Crippen molar-refractivity contribution in [1.29, 1.82) is 0 Å². The highest BCUT2D eigenvalue weighted by Crippen LogP contribution is 2.08. The minimum Gasteiger partial charge on any atom is -0.309 e. The summed E-state index contributed by atoms with van der Waals surface area (Å²) < 4.78 is 0. The van der Waals surface area contributed by atoms with E-state index < -0.39 is 0 Å². The Labute approximate surface area is 107 Å². The van der Waals surface area contributed by atoms with Crippen molar-refractivity contribution in [2.24, 2.45) is 0 Å². The molecule has 1 unspecified atom stereocenters. The van der Waals surface area contributed by atoms with E-state index in [4.69, 9.17) is 12.2 Å². The van der Waals surface area contributed by atoms with Crippen molar-refractivity contribution in [3.05, 3.63) is 0 Å². The summed E-state index contributed by atoms with van der Waals surface area (Å²) in [7, 11) is 2.21. The average Bonchev–Trinajstić information content (AvgIpc) is 2.72. The molecule has 96 valence electrons. The highest BCUT2D eigenvalue weighted by atomic mass is 32.1. The first-order chi connectivity index (χ1) is 7.72. The van der Waals surface area contributed by atoms with Gasteiger partial charge in [-0.3, -0.25) is 0 Å². The van der Waals surface area contributed by atoms with Gasteiger partial charge in [0, 0.05) is 17.5 Å². The average molecular weight is 244 g/mol. The minimum atomic E-state index is 0.645. The molecule has 16 heavy (non-hydrogen) atoms. The molecule has 1 aliphatic heterocycles. The smallest absolute Gasteiger partial charge is 0.0272 e. The molecule has 1 rings (SSSR count). The van der Waals surface area contributed by atoms with Crippen LogP contribution >= 0.6 is 12.2 Å². The topological polar surface area (TPSA) is 15.3 Å². The van der Waals surface area contributed by atoms with Crippen LogP contribution in [-0.2, 0) is 0 Å². The van der Waals surface area contributed by atoms with Gasteiger partial charge >= 0.3 is 0 Å². The van der Waals surface area contributed by atoms with Gasteiger partial charge in [-0.1, -0.05) is 39.4 Å². The molecule has 2 nitrogen and oxygen atoms in total. The van der Waals surface area contributed by atoms with E-state index in [0.717, 1.165) is 13.0 Å². The van der Waals surface area contributed by atoms with Gasteiger partial charge in [0.2, 0.25) is 0 Å². The fraction of sp³-hybridized carbons (Fsp3) is 0.923. The minimum absolute atomic E-state index is 0.645. The SMILES string of the molecule is CC.CCCCN(C)CCC1CC(=S)CN1. The predicted octanol–water partition coefficient (Wildman–Crippen LogP) is 2.87. The maximum Gasteiger partial charge on any atom is 0.0272 e. The van der Waals surface area contributed by atoms with Crippen molar-refractivity contribution >= 4 is 17.1 Å². The van der Waals surface area contributed by atoms with E-state index in [2.05, 4.69) is 24.2 Å². The van der Waals surface area contributed by atoms with Crippen molar-refractivity contribution < 1.29 is 0 Å². The van der Waals surface area contributed by atoms with Gasteiger partial charge in [0.15, 0.2) is 0 Å². The fourth-order valence-electron chi connectivity index (χ4n) is 1.80. The number of hydrogen-bond donors (Lipinski definition) is 1. The van der Waals surface area contributed by atoms with E-state index >= 15 is 0 Å². The second-order valence-electron chi connectivity index (χ2n) is 4.27. The lowest BCUT2D eigenvalue weighted by molar-refractivity contribution is 0.308. The monoisotopic (exact) mass is 244 g/mol. The summed E-state index contributed by atoms with van der Waals surface area (Å²) in [5.74, 6) is 0. The maximum absolute atomic E-state index is 5.17. The van der Waals surface area contributed by atoms with Gasteiger partial charge in [0.25, 0.3) is 0 Å². The molecule has 1 atom stereocenters. The van der Waals surface area contributed by atoms with E-state index in [1.807, 2.05) is 13.8 Å². The van der Waals surface area contributed by atoms with Gasteiger partial charge in [-0.05, 0) is 39.4 Å². The summed E-state index contributed by atoms with van der Waals surface area (Å²) in [6, 6.07) is 0.645. The van der Waals surface area contributed by atoms with Crippen LogP contribution in [0.15, 0.2) is 0 Å². The van der Waals surface area contributed by atoms with Crippen LogP contribution < -0.4 is 5.32 Å². The van der Waals surface area contributed by atoms with Gasteiger partial charge in [-0.2, -0.15) is 0 Å². The first kappa shape index (κ1) is 16.0. The number of unbranched alkanes of at least 4 members (excludes halogenated alkanes) is 1. The second-order valence-corrected chi connectivity index (χ2v) is 4.84.